The van der Waals surface area contributed by atoms with Crippen LogP contribution >= 0.6 is 11.6 Å². The normalized spacial score (nSPS) is 16.2. The van der Waals surface area contributed by atoms with Gasteiger partial charge in [-0.25, -0.2) is 4.98 Å². The predicted molar refractivity (Wildman–Crippen MR) is 71.0 cm³/mol. The van der Waals surface area contributed by atoms with Gasteiger partial charge in [0.05, 0.1) is 10.8 Å². The second-order valence-corrected chi connectivity index (χ2v) is 4.94. The molecule has 1 fully saturated rings. The molecular formula is C11H13ClN4O4. The zero-order chi connectivity index (χ0) is 14.9. The summed E-state index contributed by atoms with van der Waals surface area (Å²) in [6.45, 7) is 2.29. The molecule has 0 unspecified atom stereocenters. The number of halogens is 1. The zero-order valence-electron chi connectivity index (χ0n) is 10.7. The quantitative estimate of drug-likeness (QED) is 0.513. The van der Waals surface area contributed by atoms with Crippen molar-refractivity contribution in [3.63, 3.8) is 0 Å². The van der Waals surface area contributed by atoms with E-state index >= 15 is 0 Å². The van der Waals surface area contributed by atoms with E-state index in [2.05, 4.69) is 9.97 Å². The van der Waals surface area contributed by atoms with E-state index in [4.69, 9.17) is 16.7 Å². The highest BCUT2D eigenvalue weighted by Gasteiger charge is 2.31. The van der Waals surface area contributed by atoms with E-state index in [9.17, 15) is 14.9 Å². The van der Waals surface area contributed by atoms with Crippen LogP contribution in [-0.4, -0.2) is 39.1 Å². The summed E-state index contributed by atoms with van der Waals surface area (Å²) in [6, 6.07) is 0. The lowest BCUT2D eigenvalue weighted by Gasteiger charge is -2.30. The number of carboxylic acids is 1. The first-order chi connectivity index (χ1) is 9.40. The average Bonchev–Trinajstić information content (AvgIpc) is 2.37. The summed E-state index contributed by atoms with van der Waals surface area (Å²) >= 11 is 5.76. The molecule has 1 aliphatic rings. The highest BCUT2D eigenvalue weighted by atomic mass is 35.5. The highest BCUT2D eigenvalue weighted by Crippen LogP contribution is 2.32. The van der Waals surface area contributed by atoms with Crippen molar-refractivity contribution in [2.24, 2.45) is 5.92 Å². The largest absolute Gasteiger partial charge is 0.481 e. The molecule has 1 aliphatic heterocycles. The van der Waals surface area contributed by atoms with Crippen LogP contribution in [0, 0.1) is 23.0 Å². The molecular weight excluding hydrogens is 288 g/mol. The van der Waals surface area contributed by atoms with Crippen LogP contribution in [0.5, 0.6) is 0 Å². The maximum absolute atomic E-state index is 11.1. The van der Waals surface area contributed by atoms with Crippen LogP contribution in [0.4, 0.5) is 11.5 Å². The monoisotopic (exact) mass is 300 g/mol. The van der Waals surface area contributed by atoms with Crippen molar-refractivity contribution in [3.05, 3.63) is 21.1 Å². The van der Waals surface area contributed by atoms with Gasteiger partial charge in [-0.05, 0) is 31.4 Å². The van der Waals surface area contributed by atoms with E-state index in [-0.39, 0.29) is 22.5 Å². The minimum absolute atomic E-state index is 0.0524. The first-order valence-electron chi connectivity index (χ1n) is 6.06. The van der Waals surface area contributed by atoms with Gasteiger partial charge in [-0.2, -0.15) is 4.98 Å². The van der Waals surface area contributed by atoms with Crippen LogP contribution in [0.3, 0.4) is 0 Å². The van der Waals surface area contributed by atoms with E-state index < -0.39 is 16.8 Å². The van der Waals surface area contributed by atoms with Gasteiger partial charge in [0, 0.05) is 13.1 Å². The number of carboxylic acid groups (broad SMARTS) is 1. The number of anilines is 1. The van der Waals surface area contributed by atoms with Crippen LogP contribution in [0.2, 0.25) is 5.28 Å². The van der Waals surface area contributed by atoms with Crippen LogP contribution < -0.4 is 4.90 Å². The first kappa shape index (κ1) is 14.4. The fraction of sp³-hybridized carbons (Fsp3) is 0.545. The van der Waals surface area contributed by atoms with Crippen LogP contribution in [0.1, 0.15) is 18.5 Å². The molecule has 20 heavy (non-hydrogen) atoms. The minimum Gasteiger partial charge on any atom is -0.481 e. The summed E-state index contributed by atoms with van der Waals surface area (Å²) in [5, 5.41) is 20.0. The summed E-state index contributed by atoms with van der Waals surface area (Å²) in [6.07, 6.45) is 0.848. The molecule has 0 aliphatic carbocycles. The maximum Gasteiger partial charge on any atom is 0.332 e. The van der Waals surface area contributed by atoms with Crippen molar-refractivity contribution in [1.29, 1.82) is 0 Å². The van der Waals surface area contributed by atoms with E-state index in [1.54, 1.807) is 4.90 Å². The molecule has 0 bridgehead atoms. The Balaban J connectivity index is 2.30. The Bertz CT molecular complexity index is 558. The molecule has 2 heterocycles. The molecule has 0 atom stereocenters. The number of rotatable bonds is 3. The number of nitrogens with zero attached hydrogens (tertiary/aromatic N) is 4. The van der Waals surface area contributed by atoms with Crippen molar-refractivity contribution >= 4 is 29.1 Å². The van der Waals surface area contributed by atoms with Crippen LogP contribution in [0.15, 0.2) is 0 Å². The fourth-order valence-electron chi connectivity index (χ4n) is 2.29. The molecule has 1 N–H and O–H groups in total. The molecule has 0 amide bonds. The Labute approximate surface area is 119 Å². The molecule has 1 saturated heterocycles. The summed E-state index contributed by atoms with van der Waals surface area (Å²) < 4.78 is 0. The number of nitro groups is 1. The third-order valence-electron chi connectivity index (χ3n) is 3.34. The van der Waals surface area contributed by atoms with Crippen molar-refractivity contribution in [2.45, 2.75) is 19.8 Å². The molecule has 0 radical (unpaired) electrons. The third kappa shape index (κ3) is 2.79. The van der Waals surface area contributed by atoms with E-state index in [0.29, 0.717) is 25.9 Å². The van der Waals surface area contributed by atoms with Crippen molar-refractivity contribution < 1.29 is 14.8 Å². The van der Waals surface area contributed by atoms with Gasteiger partial charge in [-0.15, -0.1) is 0 Å². The molecule has 0 aromatic carbocycles. The number of hydrogen-bond acceptors (Lipinski definition) is 6. The van der Waals surface area contributed by atoms with E-state index in [1.807, 2.05) is 0 Å². The van der Waals surface area contributed by atoms with Gasteiger partial charge in [0.2, 0.25) is 11.1 Å². The van der Waals surface area contributed by atoms with Crippen molar-refractivity contribution in [2.75, 3.05) is 18.0 Å². The fourth-order valence-corrected chi connectivity index (χ4v) is 2.50. The SMILES string of the molecule is Cc1nc(Cl)nc(N2CCC(C(=O)O)CC2)c1[N+](=O)[O-]. The summed E-state index contributed by atoms with van der Waals surface area (Å²) in [5.74, 6) is -1.09. The summed E-state index contributed by atoms with van der Waals surface area (Å²) in [4.78, 5) is 30.9. The topological polar surface area (TPSA) is 109 Å². The molecule has 1 aromatic rings. The molecule has 108 valence electrons. The van der Waals surface area contributed by atoms with Gasteiger partial charge in [0.25, 0.3) is 0 Å². The van der Waals surface area contributed by atoms with Crippen molar-refractivity contribution in [3.8, 4) is 0 Å². The minimum atomic E-state index is -0.837. The van der Waals surface area contributed by atoms with Gasteiger partial charge in [-0.3, -0.25) is 14.9 Å². The Morgan fingerprint density at radius 3 is 2.55 bits per heavy atom. The molecule has 9 heteroatoms. The maximum atomic E-state index is 11.1. The number of carbonyl (C=O) groups is 1. The zero-order valence-corrected chi connectivity index (χ0v) is 11.5. The van der Waals surface area contributed by atoms with Gasteiger partial charge in [-0.1, -0.05) is 0 Å². The van der Waals surface area contributed by atoms with E-state index in [1.165, 1.54) is 6.92 Å². The second-order valence-electron chi connectivity index (χ2n) is 4.61. The Hall–Kier alpha value is -1.96. The van der Waals surface area contributed by atoms with Crippen molar-refractivity contribution in [1.82, 2.24) is 9.97 Å². The summed E-state index contributed by atoms with van der Waals surface area (Å²) in [5.41, 5.74) is 0.0218. The molecule has 0 saturated carbocycles. The number of piperidine rings is 1. The number of hydrogen-bond donors (Lipinski definition) is 1. The standard InChI is InChI=1S/C11H13ClN4O4/c1-6-8(16(19)20)9(14-11(12)13-6)15-4-2-7(3-5-15)10(17)18/h7H,2-5H2,1H3,(H,17,18). The Morgan fingerprint density at radius 2 is 2.05 bits per heavy atom. The highest BCUT2D eigenvalue weighted by molar-refractivity contribution is 6.28. The van der Waals surface area contributed by atoms with Gasteiger partial charge < -0.3 is 10.0 Å². The van der Waals surface area contributed by atoms with Gasteiger partial charge in [0.1, 0.15) is 5.69 Å². The predicted octanol–water partition coefficient (Wildman–Crippen LogP) is 1.65. The lowest BCUT2D eigenvalue weighted by molar-refractivity contribution is -0.385. The Morgan fingerprint density at radius 1 is 1.45 bits per heavy atom. The second kappa shape index (κ2) is 5.58. The number of aliphatic carboxylic acids is 1. The van der Waals surface area contributed by atoms with Gasteiger partial charge >= 0.3 is 11.7 Å². The molecule has 0 spiro atoms. The van der Waals surface area contributed by atoms with Crippen LogP contribution in [0.25, 0.3) is 0 Å². The van der Waals surface area contributed by atoms with Gasteiger partial charge in [0.15, 0.2) is 0 Å². The summed E-state index contributed by atoms with van der Waals surface area (Å²) in [7, 11) is 0. The number of aromatic nitrogens is 2. The van der Waals surface area contributed by atoms with E-state index in [0.717, 1.165) is 0 Å². The number of aryl methyl sites for hydroxylation is 1. The first-order valence-corrected chi connectivity index (χ1v) is 6.44. The smallest absolute Gasteiger partial charge is 0.332 e. The lowest BCUT2D eigenvalue weighted by atomic mass is 9.97. The lowest BCUT2D eigenvalue weighted by Crippen LogP contribution is -2.37. The Kier molecular flexibility index (Phi) is 4.03. The van der Waals surface area contributed by atoms with Crippen LogP contribution in [-0.2, 0) is 4.79 Å². The third-order valence-corrected chi connectivity index (χ3v) is 3.51. The molecule has 8 nitrogen and oxygen atoms in total. The molecule has 1 aromatic heterocycles. The molecule has 2 rings (SSSR count). The average molecular weight is 301 g/mol.